The summed E-state index contributed by atoms with van der Waals surface area (Å²) in [7, 11) is 0. The number of nitrogens with one attached hydrogen (secondary N) is 1. The van der Waals surface area contributed by atoms with Gasteiger partial charge in [-0.05, 0) is 45.8 Å². The molecule has 0 unspecified atom stereocenters. The second-order valence-electron chi connectivity index (χ2n) is 4.90. The number of allylic oxidation sites excluding steroid dienone is 1. The Morgan fingerprint density at radius 2 is 1.79 bits per heavy atom. The minimum atomic E-state index is -0.468. The van der Waals surface area contributed by atoms with Gasteiger partial charge in [0.05, 0.1) is 4.48 Å². The van der Waals surface area contributed by atoms with Gasteiger partial charge in [0.15, 0.2) is 11.5 Å². The maximum absolute atomic E-state index is 12.5. The molecule has 0 fully saturated rings. The molecule has 0 radical (unpaired) electrons. The minimum Gasteiger partial charge on any atom is -0.410 e. The Morgan fingerprint density at radius 3 is 2.42 bits per heavy atom. The molecule has 2 aromatic carbocycles. The molecule has 0 saturated carbocycles. The number of carbonyl (C=O) groups is 1. The summed E-state index contributed by atoms with van der Waals surface area (Å²) in [6, 6.07) is 16.2. The molecule has 2 N–H and O–H groups in total. The number of oxime groups is 1. The van der Waals surface area contributed by atoms with Crippen LogP contribution in [0.5, 0.6) is 0 Å². The molecule has 5 nitrogen and oxygen atoms in total. The molecule has 1 aliphatic rings. The van der Waals surface area contributed by atoms with E-state index in [4.69, 9.17) is 11.6 Å². The summed E-state index contributed by atoms with van der Waals surface area (Å²) in [5.41, 5.74) is 1.50. The molecular formula is C17H11BrClN3O2. The van der Waals surface area contributed by atoms with Crippen LogP contribution in [0.2, 0.25) is 5.02 Å². The highest BCUT2D eigenvalue weighted by Crippen LogP contribution is 2.29. The van der Waals surface area contributed by atoms with Crippen molar-refractivity contribution in [2.75, 3.05) is 5.32 Å². The fourth-order valence-electron chi connectivity index (χ4n) is 2.16. The molecule has 120 valence electrons. The van der Waals surface area contributed by atoms with Crippen molar-refractivity contribution in [3.63, 3.8) is 0 Å². The number of amidine groups is 1. The highest BCUT2D eigenvalue weighted by atomic mass is 79.9. The number of benzene rings is 2. The lowest BCUT2D eigenvalue weighted by Gasteiger charge is -2.04. The second kappa shape index (κ2) is 6.98. The first-order valence-electron chi connectivity index (χ1n) is 6.93. The first-order valence-corrected chi connectivity index (χ1v) is 8.11. The van der Waals surface area contributed by atoms with Crippen LogP contribution >= 0.6 is 27.5 Å². The van der Waals surface area contributed by atoms with Crippen molar-refractivity contribution >= 4 is 55.0 Å². The zero-order chi connectivity index (χ0) is 17.1. The van der Waals surface area contributed by atoms with E-state index in [2.05, 4.69) is 31.4 Å². The van der Waals surface area contributed by atoms with Gasteiger partial charge in [0.25, 0.3) is 0 Å². The van der Waals surface area contributed by atoms with Crippen LogP contribution in [0.3, 0.4) is 0 Å². The zero-order valence-electron chi connectivity index (χ0n) is 12.2. The predicted molar refractivity (Wildman–Crippen MR) is 99.0 cm³/mol. The average Bonchev–Trinajstić information content (AvgIpc) is 2.92. The van der Waals surface area contributed by atoms with Crippen LogP contribution in [0.1, 0.15) is 5.56 Å². The summed E-state index contributed by atoms with van der Waals surface area (Å²) in [6.45, 7) is 0. The smallest absolute Gasteiger partial charge is 0.238 e. The number of aliphatic imine (C=N–C) groups is 1. The molecule has 0 atom stereocenters. The molecule has 24 heavy (non-hydrogen) atoms. The largest absolute Gasteiger partial charge is 0.410 e. The van der Waals surface area contributed by atoms with Gasteiger partial charge in [0, 0.05) is 10.7 Å². The van der Waals surface area contributed by atoms with E-state index in [0.29, 0.717) is 15.2 Å². The van der Waals surface area contributed by atoms with E-state index in [1.165, 1.54) is 0 Å². The van der Waals surface area contributed by atoms with Crippen molar-refractivity contribution in [2.24, 2.45) is 10.1 Å². The van der Waals surface area contributed by atoms with Crippen LogP contribution < -0.4 is 5.32 Å². The number of hydrogen-bond donors (Lipinski definition) is 2. The van der Waals surface area contributed by atoms with Gasteiger partial charge in [-0.3, -0.25) is 4.79 Å². The molecule has 0 aromatic heterocycles. The molecule has 2 aromatic rings. The molecule has 0 saturated heterocycles. The van der Waals surface area contributed by atoms with Crippen molar-refractivity contribution in [3.8, 4) is 0 Å². The number of carbonyl (C=O) groups excluding carboxylic acids is 1. The first-order chi connectivity index (χ1) is 11.6. The quantitative estimate of drug-likeness (QED) is 0.444. The van der Waals surface area contributed by atoms with E-state index in [9.17, 15) is 10.0 Å². The van der Waals surface area contributed by atoms with E-state index in [-0.39, 0.29) is 17.2 Å². The Kier molecular flexibility index (Phi) is 4.78. The lowest BCUT2D eigenvalue weighted by Crippen LogP contribution is -2.24. The molecule has 1 aliphatic heterocycles. The summed E-state index contributed by atoms with van der Waals surface area (Å²) in [4.78, 5) is 16.7. The van der Waals surface area contributed by atoms with Gasteiger partial charge in [-0.15, -0.1) is 0 Å². The first kappa shape index (κ1) is 16.4. The normalized spacial score (nSPS) is 17.8. The van der Waals surface area contributed by atoms with Crippen LogP contribution in [0.4, 0.5) is 5.69 Å². The van der Waals surface area contributed by atoms with Gasteiger partial charge >= 0.3 is 0 Å². The Labute approximate surface area is 151 Å². The third-order valence-corrected chi connectivity index (χ3v) is 4.41. The second-order valence-corrected chi connectivity index (χ2v) is 6.13. The molecule has 0 aliphatic carbocycles. The summed E-state index contributed by atoms with van der Waals surface area (Å²) in [6.07, 6.45) is 0. The standard InChI is InChI=1S/C17H11BrClN3O2/c18-13(10-4-2-1-3-5-10)14-16(23)15(22-24)17(21-14)20-12-8-6-11(19)7-9-12/h1-9,24H,(H,20,21)/b14-13-,22-15+. The Hall–Kier alpha value is -2.44. The van der Waals surface area contributed by atoms with Crippen LogP contribution in [-0.4, -0.2) is 22.5 Å². The molecule has 1 heterocycles. The monoisotopic (exact) mass is 403 g/mol. The van der Waals surface area contributed by atoms with Gasteiger partial charge < -0.3 is 10.5 Å². The van der Waals surface area contributed by atoms with Crippen molar-refractivity contribution < 1.29 is 10.0 Å². The van der Waals surface area contributed by atoms with Gasteiger partial charge in [0.1, 0.15) is 5.70 Å². The van der Waals surface area contributed by atoms with Crippen LogP contribution in [0.15, 0.2) is 70.4 Å². The number of ketones is 1. The lowest BCUT2D eigenvalue weighted by molar-refractivity contribution is -0.109. The maximum atomic E-state index is 12.5. The number of nitrogens with zero attached hydrogens (tertiary/aromatic N) is 2. The Balaban J connectivity index is 1.99. The van der Waals surface area contributed by atoms with Crippen LogP contribution in [0, 0.1) is 0 Å². The van der Waals surface area contributed by atoms with Gasteiger partial charge in [-0.2, -0.15) is 0 Å². The molecular weight excluding hydrogens is 394 g/mol. The van der Waals surface area contributed by atoms with Gasteiger partial charge in [-0.1, -0.05) is 47.1 Å². The number of Topliss-reactive ketones (excluding diaryl/α,β-unsaturated/α-hetero) is 1. The summed E-state index contributed by atoms with van der Waals surface area (Å²) in [5, 5.41) is 15.8. The van der Waals surface area contributed by atoms with E-state index in [1.807, 2.05) is 30.3 Å². The highest BCUT2D eigenvalue weighted by Gasteiger charge is 2.32. The number of halogens is 2. The molecule has 0 spiro atoms. The van der Waals surface area contributed by atoms with Gasteiger partial charge in [0.2, 0.25) is 5.78 Å². The Morgan fingerprint density at radius 1 is 1.12 bits per heavy atom. The van der Waals surface area contributed by atoms with Crippen molar-refractivity contribution in [2.45, 2.75) is 0 Å². The topological polar surface area (TPSA) is 74.0 Å². The SMILES string of the molecule is O=C1/C(=N\O)C(Nc2ccc(Cl)cc2)=N/C1=C(\Br)c1ccccc1. The van der Waals surface area contributed by atoms with Crippen LogP contribution in [-0.2, 0) is 4.79 Å². The lowest BCUT2D eigenvalue weighted by atomic mass is 10.1. The van der Waals surface area contributed by atoms with Crippen molar-refractivity contribution in [1.82, 2.24) is 0 Å². The number of anilines is 1. The highest BCUT2D eigenvalue weighted by molar-refractivity contribution is 9.15. The fraction of sp³-hybridized carbons (Fsp3) is 0. The van der Waals surface area contributed by atoms with Gasteiger partial charge in [-0.25, -0.2) is 4.99 Å². The maximum Gasteiger partial charge on any atom is 0.238 e. The number of rotatable bonds is 2. The van der Waals surface area contributed by atoms with Crippen LogP contribution in [0.25, 0.3) is 4.48 Å². The third kappa shape index (κ3) is 3.25. The van der Waals surface area contributed by atoms with E-state index >= 15 is 0 Å². The molecule has 0 amide bonds. The zero-order valence-corrected chi connectivity index (χ0v) is 14.5. The van der Waals surface area contributed by atoms with E-state index < -0.39 is 5.78 Å². The molecule has 7 heteroatoms. The summed E-state index contributed by atoms with van der Waals surface area (Å²) >= 11 is 9.25. The summed E-state index contributed by atoms with van der Waals surface area (Å²) < 4.78 is 0.530. The Bertz CT molecular complexity index is 874. The minimum absolute atomic E-state index is 0.146. The van der Waals surface area contributed by atoms with E-state index in [0.717, 1.165) is 5.56 Å². The van der Waals surface area contributed by atoms with Crippen molar-refractivity contribution in [3.05, 3.63) is 70.9 Å². The van der Waals surface area contributed by atoms with E-state index in [1.54, 1.807) is 24.3 Å². The van der Waals surface area contributed by atoms with Crippen molar-refractivity contribution in [1.29, 1.82) is 0 Å². The predicted octanol–water partition coefficient (Wildman–Crippen LogP) is 4.33. The molecule has 3 rings (SSSR count). The summed E-state index contributed by atoms with van der Waals surface area (Å²) in [5.74, 6) is -0.294. The third-order valence-electron chi connectivity index (χ3n) is 3.32. The number of hydrogen-bond acceptors (Lipinski definition) is 5. The average molecular weight is 405 g/mol. The molecule has 0 bridgehead atoms. The fourth-order valence-corrected chi connectivity index (χ4v) is 2.81.